The highest BCUT2D eigenvalue weighted by atomic mass is 16.5. The van der Waals surface area contributed by atoms with Crippen LogP contribution < -0.4 is 14.8 Å². The molecule has 1 N–H and O–H groups in total. The molecular formula is C16H23N3O2. The van der Waals surface area contributed by atoms with Gasteiger partial charge in [0.2, 0.25) is 0 Å². The van der Waals surface area contributed by atoms with Crippen molar-refractivity contribution in [1.29, 1.82) is 0 Å². The fourth-order valence-electron chi connectivity index (χ4n) is 2.49. The zero-order valence-corrected chi connectivity index (χ0v) is 13.1. The van der Waals surface area contributed by atoms with Crippen molar-refractivity contribution >= 4 is 0 Å². The average molecular weight is 289 g/mol. The number of nitrogens with zero attached hydrogens (tertiary/aromatic N) is 2. The summed E-state index contributed by atoms with van der Waals surface area (Å²) in [4.78, 5) is 0. The van der Waals surface area contributed by atoms with Gasteiger partial charge in [0, 0.05) is 18.8 Å². The number of hydrogen-bond donors (Lipinski definition) is 1. The summed E-state index contributed by atoms with van der Waals surface area (Å²) in [5.41, 5.74) is 2.22. The second-order valence-corrected chi connectivity index (χ2v) is 4.83. The summed E-state index contributed by atoms with van der Waals surface area (Å²) >= 11 is 0. The van der Waals surface area contributed by atoms with Gasteiger partial charge in [-0.2, -0.15) is 5.10 Å². The van der Waals surface area contributed by atoms with Crippen molar-refractivity contribution in [2.75, 3.05) is 21.3 Å². The van der Waals surface area contributed by atoms with Crippen molar-refractivity contribution in [3.8, 4) is 11.5 Å². The van der Waals surface area contributed by atoms with Crippen LogP contribution in [-0.2, 0) is 13.0 Å². The first-order chi connectivity index (χ1) is 10.2. The molecule has 0 bridgehead atoms. The first-order valence-electron chi connectivity index (χ1n) is 7.12. The molecule has 1 aromatic heterocycles. The van der Waals surface area contributed by atoms with Gasteiger partial charge in [-0.15, -0.1) is 0 Å². The molecule has 1 aromatic carbocycles. The molecule has 2 aromatic rings. The van der Waals surface area contributed by atoms with Gasteiger partial charge in [-0.25, -0.2) is 0 Å². The molecule has 0 amide bonds. The molecule has 0 saturated carbocycles. The van der Waals surface area contributed by atoms with Crippen molar-refractivity contribution in [3.63, 3.8) is 0 Å². The molecule has 0 aliphatic rings. The fourth-order valence-corrected chi connectivity index (χ4v) is 2.49. The van der Waals surface area contributed by atoms with Gasteiger partial charge >= 0.3 is 0 Å². The molecule has 5 heteroatoms. The lowest BCUT2D eigenvalue weighted by Crippen LogP contribution is -2.20. The van der Waals surface area contributed by atoms with E-state index < -0.39 is 0 Å². The Labute approximate surface area is 125 Å². The Morgan fingerprint density at radius 2 is 1.90 bits per heavy atom. The van der Waals surface area contributed by atoms with Crippen LogP contribution in [0.15, 0.2) is 30.6 Å². The van der Waals surface area contributed by atoms with Crippen LogP contribution in [0.3, 0.4) is 0 Å². The van der Waals surface area contributed by atoms with Crippen LogP contribution in [0.25, 0.3) is 0 Å². The summed E-state index contributed by atoms with van der Waals surface area (Å²) in [6.07, 6.45) is 4.81. The van der Waals surface area contributed by atoms with E-state index in [9.17, 15) is 0 Å². The van der Waals surface area contributed by atoms with Crippen LogP contribution in [0.4, 0.5) is 0 Å². The zero-order valence-electron chi connectivity index (χ0n) is 13.1. The number of ether oxygens (including phenoxy) is 2. The molecule has 1 unspecified atom stereocenters. The highest BCUT2D eigenvalue weighted by molar-refractivity contribution is 5.47. The molecular weight excluding hydrogens is 266 g/mol. The lowest BCUT2D eigenvalue weighted by atomic mass is 9.98. The SMILES string of the molecule is CCn1cc(CC(NC)c2c(OC)cccc2OC)cn1. The zero-order chi connectivity index (χ0) is 15.2. The van der Waals surface area contributed by atoms with E-state index in [4.69, 9.17) is 9.47 Å². The molecule has 0 spiro atoms. The van der Waals surface area contributed by atoms with Gasteiger partial charge < -0.3 is 14.8 Å². The number of methoxy groups -OCH3 is 2. The molecule has 0 aliphatic carbocycles. The van der Waals surface area contributed by atoms with Gasteiger partial charge in [-0.05, 0) is 38.1 Å². The van der Waals surface area contributed by atoms with Gasteiger partial charge in [0.15, 0.2) is 0 Å². The highest BCUT2D eigenvalue weighted by Crippen LogP contribution is 2.35. The number of rotatable bonds is 7. The van der Waals surface area contributed by atoms with Crippen LogP contribution in [0.5, 0.6) is 11.5 Å². The normalized spacial score (nSPS) is 12.2. The smallest absolute Gasteiger partial charge is 0.127 e. The molecule has 0 aliphatic heterocycles. The summed E-state index contributed by atoms with van der Waals surface area (Å²) in [5, 5.41) is 7.67. The Kier molecular flexibility index (Phi) is 5.22. The predicted octanol–water partition coefficient (Wildman–Crippen LogP) is 2.42. The number of likely N-dealkylation sites (N-methyl/N-ethyl adjacent to an activating group) is 1. The van der Waals surface area contributed by atoms with E-state index in [1.807, 2.05) is 36.1 Å². The Morgan fingerprint density at radius 1 is 1.24 bits per heavy atom. The van der Waals surface area contributed by atoms with Gasteiger partial charge in [0.25, 0.3) is 0 Å². The van der Waals surface area contributed by atoms with E-state index >= 15 is 0 Å². The predicted molar refractivity (Wildman–Crippen MR) is 83.0 cm³/mol. The van der Waals surface area contributed by atoms with E-state index in [-0.39, 0.29) is 6.04 Å². The highest BCUT2D eigenvalue weighted by Gasteiger charge is 2.20. The van der Waals surface area contributed by atoms with Crippen molar-refractivity contribution in [3.05, 3.63) is 41.7 Å². The molecule has 0 radical (unpaired) electrons. The average Bonchev–Trinajstić information content (AvgIpc) is 2.99. The Bertz CT molecular complexity index is 558. The fraction of sp³-hybridized carbons (Fsp3) is 0.438. The summed E-state index contributed by atoms with van der Waals surface area (Å²) in [5.74, 6) is 1.66. The summed E-state index contributed by atoms with van der Waals surface area (Å²) < 4.78 is 12.9. The Morgan fingerprint density at radius 3 is 2.38 bits per heavy atom. The number of benzene rings is 1. The Hall–Kier alpha value is -2.01. The molecule has 114 valence electrons. The maximum absolute atomic E-state index is 5.49. The van der Waals surface area contributed by atoms with E-state index in [1.165, 1.54) is 5.56 Å². The third-order valence-corrected chi connectivity index (χ3v) is 3.61. The van der Waals surface area contributed by atoms with Crippen molar-refractivity contribution in [2.24, 2.45) is 0 Å². The number of aryl methyl sites for hydroxylation is 1. The molecule has 1 atom stereocenters. The van der Waals surface area contributed by atoms with Gasteiger partial charge in [0.1, 0.15) is 11.5 Å². The van der Waals surface area contributed by atoms with Crippen LogP contribution in [0, 0.1) is 0 Å². The first-order valence-corrected chi connectivity index (χ1v) is 7.12. The lowest BCUT2D eigenvalue weighted by Gasteiger charge is -2.21. The summed E-state index contributed by atoms with van der Waals surface area (Å²) in [6.45, 7) is 2.96. The minimum atomic E-state index is 0.102. The third kappa shape index (κ3) is 3.36. The van der Waals surface area contributed by atoms with Gasteiger partial charge in [-0.3, -0.25) is 4.68 Å². The van der Waals surface area contributed by atoms with Crippen LogP contribution in [-0.4, -0.2) is 31.0 Å². The maximum Gasteiger partial charge on any atom is 0.127 e. The van der Waals surface area contributed by atoms with E-state index in [1.54, 1.807) is 14.2 Å². The van der Waals surface area contributed by atoms with Crippen LogP contribution in [0.2, 0.25) is 0 Å². The van der Waals surface area contributed by atoms with Gasteiger partial charge in [0.05, 0.1) is 26.0 Å². The lowest BCUT2D eigenvalue weighted by molar-refractivity contribution is 0.373. The molecule has 5 nitrogen and oxygen atoms in total. The second kappa shape index (κ2) is 7.13. The molecule has 21 heavy (non-hydrogen) atoms. The number of hydrogen-bond acceptors (Lipinski definition) is 4. The van der Waals surface area contributed by atoms with Gasteiger partial charge in [-0.1, -0.05) is 6.07 Å². The molecule has 1 heterocycles. The number of nitrogens with one attached hydrogen (secondary N) is 1. The van der Waals surface area contributed by atoms with E-state index in [0.29, 0.717) is 0 Å². The van der Waals surface area contributed by atoms with Crippen LogP contribution in [0.1, 0.15) is 24.1 Å². The third-order valence-electron chi connectivity index (χ3n) is 3.61. The monoisotopic (exact) mass is 289 g/mol. The topological polar surface area (TPSA) is 48.3 Å². The second-order valence-electron chi connectivity index (χ2n) is 4.83. The maximum atomic E-state index is 5.49. The minimum Gasteiger partial charge on any atom is -0.496 e. The quantitative estimate of drug-likeness (QED) is 0.850. The van der Waals surface area contributed by atoms with Crippen molar-refractivity contribution < 1.29 is 9.47 Å². The van der Waals surface area contributed by atoms with Crippen LogP contribution >= 0.6 is 0 Å². The number of aromatic nitrogens is 2. The van der Waals surface area contributed by atoms with E-state index in [2.05, 4.69) is 23.5 Å². The largest absolute Gasteiger partial charge is 0.496 e. The molecule has 0 fully saturated rings. The molecule has 0 saturated heterocycles. The minimum absolute atomic E-state index is 0.102. The summed E-state index contributed by atoms with van der Waals surface area (Å²) in [7, 11) is 5.31. The summed E-state index contributed by atoms with van der Waals surface area (Å²) in [6, 6.07) is 5.95. The van der Waals surface area contributed by atoms with E-state index in [0.717, 1.165) is 30.0 Å². The molecule has 2 rings (SSSR count). The first kappa shape index (κ1) is 15.4. The standard InChI is InChI=1S/C16H23N3O2/c1-5-19-11-12(10-18-19)9-13(17-2)16-14(20-3)7-6-8-15(16)21-4/h6-8,10-11,13,17H,5,9H2,1-4H3. The van der Waals surface area contributed by atoms with Crippen molar-refractivity contribution in [2.45, 2.75) is 25.9 Å². The Balaban J connectivity index is 2.32. The van der Waals surface area contributed by atoms with Crippen molar-refractivity contribution in [1.82, 2.24) is 15.1 Å².